The van der Waals surface area contributed by atoms with Crippen molar-refractivity contribution in [2.45, 2.75) is 6.92 Å². The van der Waals surface area contributed by atoms with Gasteiger partial charge in [-0.25, -0.2) is 4.39 Å². The number of anilines is 1. The van der Waals surface area contributed by atoms with Crippen molar-refractivity contribution in [1.29, 1.82) is 0 Å². The van der Waals surface area contributed by atoms with Crippen molar-refractivity contribution < 1.29 is 14.1 Å². The number of nitro benzene ring substituents is 1. The first-order valence-electron chi connectivity index (χ1n) is 5.91. The fourth-order valence-corrected chi connectivity index (χ4v) is 1.62. The van der Waals surface area contributed by atoms with Gasteiger partial charge in [0.1, 0.15) is 11.6 Å². The minimum Gasteiger partial charge on any atom is -0.448 e. The topological polar surface area (TPSA) is 77.3 Å². The number of nitrogens with one attached hydrogen (secondary N) is 1. The molecule has 2 rings (SSSR count). The molecule has 0 bridgehead atoms. The van der Waals surface area contributed by atoms with Gasteiger partial charge >= 0.3 is 5.69 Å². The Kier molecular flexibility index (Phi) is 4.09. The predicted molar refractivity (Wildman–Crippen MR) is 71.5 cm³/mol. The minimum absolute atomic E-state index is 0.162. The highest BCUT2D eigenvalue weighted by atomic mass is 19.1. The number of nitro groups is 1. The summed E-state index contributed by atoms with van der Waals surface area (Å²) in [7, 11) is 0. The van der Waals surface area contributed by atoms with Gasteiger partial charge in [0.2, 0.25) is 5.75 Å². The third-order valence-corrected chi connectivity index (χ3v) is 2.44. The van der Waals surface area contributed by atoms with Crippen LogP contribution in [0.25, 0.3) is 0 Å². The van der Waals surface area contributed by atoms with E-state index in [9.17, 15) is 14.5 Å². The second kappa shape index (κ2) is 5.96. The maximum atomic E-state index is 13.2. The summed E-state index contributed by atoms with van der Waals surface area (Å²) in [5.41, 5.74) is 0.407. The maximum absolute atomic E-state index is 13.2. The van der Waals surface area contributed by atoms with E-state index < -0.39 is 10.7 Å². The highest BCUT2D eigenvalue weighted by Crippen LogP contribution is 2.32. The largest absolute Gasteiger partial charge is 0.448 e. The van der Waals surface area contributed by atoms with Gasteiger partial charge < -0.3 is 10.1 Å². The van der Waals surface area contributed by atoms with Gasteiger partial charge in [-0.15, -0.1) is 0 Å². The van der Waals surface area contributed by atoms with Gasteiger partial charge in [-0.3, -0.25) is 15.1 Å². The molecule has 104 valence electrons. The Hall–Kier alpha value is -2.70. The number of benzene rings is 1. The Morgan fingerprint density at radius 1 is 1.40 bits per heavy atom. The normalized spacial score (nSPS) is 10.1. The number of aromatic nitrogens is 1. The van der Waals surface area contributed by atoms with Gasteiger partial charge in [-0.1, -0.05) is 0 Å². The molecule has 0 radical (unpaired) electrons. The standard InChI is InChI=1S/C13H12FN3O3/c1-2-16-10-6-11(8-15-7-10)20-13-5-9(14)3-4-12(13)17(18)19/h3-8,16H,2H2,1H3. The van der Waals surface area contributed by atoms with Crippen molar-refractivity contribution in [3.8, 4) is 11.5 Å². The number of pyridine rings is 1. The molecule has 0 saturated heterocycles. The SMILES string of the molecule is CCNc1cncc(Oc2cc(F)ccc2[N+](=O)[O-])c1. The molecule has 0 aliphatic rings. The Balaban J connectivity index is 2.31. The summed E-state index contributed by atoms with van der Waals surface area (Å²) in [6.07, 6.45) is 2.99. The second-order valence-electron chi connectivity index (χ2n) is 3.91. The molecule has 0 amide bonds. The molecule has 1 N–H and O–H groups in total. The molecule has 2 aromatic rings. The van der Waals surface area contributed by atoms with Crippen LogP contribution in [-0.4, -0.2) is 16.5 Å². The molecule has 7 heteroatoms. The van der Waals surface area contributed by atoms with Crippen LogP contribution >= 0.6 is 0 Å². The van der Waals surface area contributed by atoms with Gasteiger partial charge in [0.05, 0.1) is 23.0 Å². The lowest BCUT2D eigenvalue weighted by Gasteiger charge is -2.08. The van der Waals surface area contributed by atoms with E-state index in [-0.39, 0.29) is 17.2 Å². The molecular weight excluding hydrogens is 265 g/mol. The summed E-state index contributed by atoms with van der Waals surface area (Å²) < 4.78 is 18.5. The molecule has 0 fully saturated rings. The summed E-state index contributed by atoms with van der Waals surface area (Å²) >= 11 is 0. The van der Waals surface area contributed by atoms with E-state index >= 15 is 0 Å². The first kappa shape index (κ1) is 13.7. The van der Waals surface area contributed by atoms with Gasteiger partial charge in [0, 0.05) is 24.7 Å². The monoisotopic (exact) mass is 277 g/mol. The maximum Gasteiger partial charge on any atom is 0.311 e. The van der Waals surface area contributed by atoms with Gasteiger partial charge in [-0.05, 0) is 13.0 Å². The molecule has 1 aromatic heterocycles. The average Bonchev–Trinajstić information content (AvgIpc) is 2.39. The minimum atomic E-state index is -0.629. The third kappa shape index (κ3) is 3.19. The molecule has 0 spiro atoms. The fraction of sp³-hybridized carbons (Fsp3) is 0.154. The smallest absolute Gasteiger partial charge is 0.311 e. The second-order valence-corrected chi connectivity index (χ2v) is 3.91. The summed E-state index contributed by atoms with van der Waals surface area (Å²) in [6.45, 7) is 2.62. The van der Waals surface area contributed by atoms with Crippen molar-refractivity contribution in [3.05, 3.63) is 52.6 Å². The molecule has 1 heterocycles. The first-order chi connectivity index (χ1) is 9.60. The number of halogens is 1. The van der Waals surface area contributed by atoms with E-state index in [0.29, 0.717) is 12.2 Å². The van der Waals surface area contributed by atoms with Gasteiger partial charge in [0.25, 0.3) is 0 Å². The van der Waals surface area contributed by atoms with Crippen molar-refractivity contribution in [2.75, 3.05) is 11.9 Å². The van der Waals surface area contributed by atoms with E-state index in [1.807, 2.05) is 6.92 Å². The molecular formula is C13H12FN3O3. The predicted octanol–water partition coefficient (Wildman–Crippen LogP) is 3.35. The summed E-state index contributed by atoms with van der Waals surface area (Å²) in [5, 5.41) is 13.9. The highest BCUT2D eigenvalue weighted by Gasteiger charge is 2.16. The van der Waals surface area contributed by atoms with Crippen LogP contribution in [0.5, 0.6) is 11.5 Å². The molecule has 0 aliphatic heterocycles. The van der Waals surface area contributed by atoms with Crippen LogP contribution < -0.4 is 10.1 Å². The highest BCUT2D eigenvalue weighted by molar-refractivity contribution is 5.51. The van der Waals surface area contributed by atoms with Crippen molar-refractivity contribution in [2.24, 2.45) is 0 Å². The molecule has 0 aliphatic carbocycles. The van der Waals surface area contributed by atoms with E-state index in [0.717, 1.165) is 18.2 Å². The molecule has 20 heavy (non-hydrogen) atoms. The molecule has 0 saturated carbocycles. The number of rotatable bonds is 5. The lowest BCUT2D eigenvalue weighted by atomic mass is 10.3. The zero-order valence-corrected chi connectivity index (χ0v) is 10.7. The van der Waals surface area contributed by atoms with Crippen molar-refractivity contribution >= 4 is 11.4 Å². The molecule has 6 nitrogen and oxygen atoms in total. The Bertz CT molecular complexity index is 634. The summed E-state index contributed by atoms with van der Waals surface area (Å²) in [4.78, 5) is 14.2. The van der Waals surface area contributed by atoms with Crippen LogP contribution in [0.3, 0.4) is 0 Å². The van der Waals surface area contributed by atoms with E-state index in [4.69, 9.17) is 4.74 Å². The average molecular weight is 277 g/mol. The number of hydrogen-bond acceptors (Lipinski definition) is 5. The van der Waals surface area contributed by atoms with Gasteiger partial charge in [0.15, 0.2) is 0 Å². The zero-order chi connectivity index (χ0) is 14.5. The van der Waals surface area contributed by atoms with E-state index in [1.165, 1.54) is 6.20 Å². The summed E-state index contributed by atoms with van der Waals surface area (Å²) in [5.74, 6) is -0.482. The van der Waals surface area contributed by atoms with E-state index in [1.54, 1.807) is 12.3 Å². The lowest BCUT2D eigenvalue weighted by molar-refractivity contribution is -0.385. The van der Waals surface area contributed by atoms with Crippen LogP contribution in [0.4, 0.5) is 15.8 Å². The molecule has 0 unspecified atom stereocenters. The van der Waals surface area contributed by atoms with Crippen molar-refractivity contribution in [1.82, 2.24) is 4.98 Å². The quantitative estimate of drug-likeness (QED) is 0.669. The Morgan fingerprint density at radius 2 is 2.20 bits per heavy atom. The van der Waals surface area contributed by atoms with E-state index in [2.05, 4.69) is 10.3 Å². The zero-order valence-electron chi connectivity index (χ0n) is 10.7. The van der Waals surface area contributed by atoms with Crippen LogP contribution in [0.2, 0.25) is 0 Å². The van der Waals surface area contributed by atoms with Crippen LogP contribution in [-0.2, 0) is 0 Å². The van der Waals surface area contributed by atoms with Gasteiger partial charge in [-0.2, -0.15) is 0 Å². The number of hydrogen-bond donors (Lipinski definition) is 1. The first-order valence-corrected chi connectivity index (χ1v) is 5.91. The molecule has 0 atom stereocenters. The van der Waals surface area contributed by atoms with Crippen LogP contribution in [0.15, 0.2) is 36.7 Å². The fourth-order valence-electron chi connectivity index (χ4n) is 1.62. The van der Waals surface area contributed by atoms with Crippen molar-refractivity contribution in [3.63, 3.8) is 0 Å². The number of nitrogens with zero attached hydrogens (tertiary/aromatic N) is 2. The van der Waals surface area contributed by atoms with Crippen LogP contribution in [0.1, 0.15) is 6.92 Å². The third-order valence-electron chi connectivity index (χ3n) is 2.44. The Labute approximate surface area is 114 Å². The lowest BCUT2D eigenvalue weighted by Crippen LogP contribution is -1.98. The van der Waals surface area contributed by atoms with Crippen LogP contribution in [0, 0.1) is 15.9 Å². The number of ether oxygens (including phenoxy) is 1. The summed E-state index contributed by atoms with van der Waals surface area (Å²) in [6, 6.07) is 4.67. The molecule has 1 aromatic carbocycles. The Morgan fingerprint density at radius 3 is 2.90 bits per heavy atom.